The van der Waals surface area contributed by atoms with Crippen LogP contribution in [-0.2, 0) is 19.0 Å². The summed E-state index contributed by atoms with van der Waals surface area (Å²) in [5, 5.41) is 8.49. The molecule has 1 N–H and O–H groups in total. The summed E-state index contributed by atoms with van der Waals surface area (Å²) in [6, 6.07) is 0. The Kier molecular flexibility index (Phi) is 6.48. The van der Waals surface area contributed by atoms with Gasteiger partial charge in [-0.15, -0.1) is 0 Å². The Balaban J connectivity index is 3.30. The van der Waals surface area contributed by atoms with E-state index in [1.807, 2.05) is 0 Å². The van der Waals surface area contributed by atoms with Gasteiger partial charge in [-0.2, -0.15) is 0 Å². The van der Waals surface area contributed by atoms with Gasteiger partial charge in [0.05, 0.1) is 12.5 Å². The van der Waals surface area contributed by atoms with Crippen LogP contribution in [0, 0.1) is 5.92 Å². The number of ether oxygens (including phenoxy) is 3. The first-order chi connectivity index (χ1) is 6.07. The van der Waals surface area contributed by atoms with Crippen molar-refractivity contribution in [2.45, 2.75) is 20.1 Å². The van der Waals surface area contributed by atoms with E-state index in [1.54, 1.807) is 13.8 Å². The highest BCUT2D eigenvalue weighted by atomic mass is 16.7. The van der Waals surface area contributed by atoms with Crippen molar-refractivity contribution in [3.05, 3.63) is 0 Å². The Labute approximate surface area is 77.6 Å². The summed E-state index contributed by atoms with van der Waals surface area (Å²) in [5.74, 6) is -1.39. The SMILES string of the molecule is COC(C)OCOC[C@H](C)C(=O)O. The van der Waals surface area contributed by atoms with Crippen molar-refractivity contribution in [1.82, 2.24) is 0 Å². The van der Waals surface area contributed by atoms with E-state index < -0.39 is 11.9 Å². The normalized spacial score (nSPS) is 15.3. The Morgan fingerprint density at radius 3 is 2.54 bits per heavy atom. The van der Waals surface area contributed by atoms with Crippen LogP contribution < -0.4 is 0 Å². The van der Waals surface area contributed by atoms with E-state index in [0.717, 1.165) is 0 Å². The van der Waals surface area contributed by atoms with E-state index in [0.29, 0.717) is 0 Å². The lowest BCUT2D eigenvalue weighted by Crippen LogP contribution is -2.19. The highest BCUT2D eigenvalue weighted by Gasteiger charge is 2.10. The van der Waals surface area contributed by atoms with E-state index in [-0.39, 0.29) is 19.7 Å². The number of aliphatic carboxylic acids is 1. The first-order valence-electron chi connectivity index (χ1n) is 4.03. The van der Waals surface area contributed by atoms with Crippen molar-refractivity contribution < 1.29 is 24.1 Å². The fraction of sp³-hybridized carbons (Fsp3) is 0.875. The number of hydrogen-bond donors (Lipinski definition) is 1. The maximum atomic E-state index is 10.3. The molecule has 0 saturated heterocycles. The topological polar surface area (TPSA) is 65.0 Å². The molecule has 5 heteroatoms. The van der Waals surface area contributed by atoms with Gasteiger partial charge in [-0.05, 0) is 13.8 Å². The van der Waals surface area contributed by atoms with Gasteiger partial charge in [-0.25, -0.2) is 0 Å². The molecule has 1 unspecified atom stereocenters. The highest BCUT2D eigenvalue weighted by molar-refractivity contribution is 5.69. The van der Waals surface area contributed by atoms with Crippen LogP contribution >= 0.6 is 0 Å². The molecule has 0 rings (SSSR count). The van der Waals surface area contributed by atoms with Crippen LogP contribution in [0.2, 0.25) is 0 Å². The third kappa shape index (κ3) is 6.51. The summed E-state index contributed by atoms with van der Waals surface area (Å²) in [6.07, 6.45) is -0.333. The molecule has 0 aliphatic rings. The average Bonchev–Trinajstić information content (AvgIpc) is 2.11. The lowest BCUT2D eigenvalue weighted by Gasteiger charge is -2.12. The molecule has 0 bridgehead atoms. The molecule has 2 atom stereocenters. The fourth-order valence-electron chi connectivity index (χ4n) is 0.508. The average molecular weight is 192 g/mol. The van der Waals surface area contributed by atoms with Gasteiger partial charge >= 0.3 is 5.97 Å². The second kappa shape index (κ2) is 6.82. The molecule has 0 aliphatic heterocycles. The summed E-state index contributed by atoms with van der Waals surface area (Å²) in [6.45, 7) is 3.49. The summed E-state index contributed by atoms with van der Waals surface area (Å²) in [4.78, 5) is 10.3. The lowest BCUT2D eigenvalue weighted by molar-refractivity contribution is -0.179. The minimum atomic E-state index is -0.875. The summed E-state index contributed by atoms with van der Waals surface area (Å²) in [7, 11) is 1.52. The van der Waals surface area contributed by atoms with Crippen LogP contribution in [-0.4, -0.2) is 37.9 Å². The smallest absolute Gasteiger partial charge is 0.308 e. The quantitative estimate of drug-likeness (QED) is 0.475. The minimum Gasteiger partial charge on any atom is -0.481 e. The molecule has 5 nitrogen and oxygen atoms in total. The maximum absolute atomic E-state index is 10.3. The predicted molar refractivity (Wildman–Crippen MR) is 45.2 cm³/mol. The van der Waals surface area contributed by atoms with Crippen LogP contribution in [0.15, 0.2) is 0 Å². The molecule has 13 heavy (non-hydrogen) atoms. The molecule has 0 aromatic carbocycles. The van der Waals surface area contributed by atoms with Crippen LogP contribution in [0.5, 0.6) is 0 Å². The standard InChI is InChI=1S/C8H16O5/c1-6(8(9)10)4-12-5-13-7(2)11-3/h6-7H,4-5H2,1-3H3,(H,9,10)/t6-,7?/m0/s1. The van der Waals surface area contributed by atoms with E-state index in [1.165, 1.54) is 7.11 Å². The maximum Gasteiger partial charge on any atom is 0.308 e. The van der Waals surface area contributed by atoms with E-state index in [2.05, 4.69) is 0 Å². The van der Waals surface area contributed by atoms with Gasteiger partial charge in [-0.1, -0.05) is 0 Å². The Morgan fingerprint density at radius 1 is 1.46 bits per heavy atom. The zero-order valence-electron chi connectivity index (χ0n) is 8.15. The fourth-order valence-corrected chi connectivity index (χ4v) is 0.508. The molecule has 0 aromatic rings. The monoisotopic (exact) mass is 192 g/mol. The first-order valence-corrected chi connectivity index (χ1v) is 4.03. The number of rotatable bonds is 7. The number of methoxy groups -OCH3 is 1. The molecule has 0 heterocycles. The number of carboxylic acids is 1. The van der Waals surface area contributed by atoms with Crippen molar-refractivity contribution in [2.75, 3.05) is 20.5 Å². The van der Waals surface area contributed by atoms with E-state index in [9.17, 15) is 4.79 Å². The number of hydrogen-bond acceptors (Lipinski definition) is 4. The third-order valence-corrected chi connectivity index (χ3v) is 1.51. The van der Waals surface area contributed by atoms with Gasteiger partial charge in [0.2, 0.25) is 0 Å². The van der Waals surface area contributed by atoms with E-state index >= 15 is 0 Å². The van der Waals surface area contributed by atoms with Gasteiger partial charge in [0.25, 0.3) is 0 Å². The van der Waals surface area contributed by atoms with Crippen molar-refractivity contribution in [2.24, 2.45) is 5.92 Å². The summed E-state index contributed by atoms with van der Waals surface area (Å²) in [5.41, 5.74) is 0. The van der Waals surface area contributed by atoms with Gasteiger partial charge in [-0.3, -0.25) is 4.79 Å². The van der Waals surface area contributed by atoms with Crippen molar-refractivity contribution >= 4 is 5.97 Å². The zero-order chi connectivity index (χ0) is 10.3. The Bertz CT molecular complexity index is 147. The van der Waals surface area contributed by atoms with Crippen LogP contribution in [0.1, 0.15) is 13.8 Å². The highest BCUT2D eigenvalue weighted by Crippen LogP contribution is 1.97. The molecular weight excluding hydrogens is 176 g/mol. The van der Waals surface area contributed by atoms with Crippen molar-refractivity contribution in [3.63, 3.8) is 0 Å². The second-order valence-electron chi connectivity index (χ2n) is 2.70. The zero-order valence-corrected chi connectivity index (χ0v) is 8.15. The largest absolute Gasteiger partial charge is 0.481 e. The molecule has 0 aliphatic carbocycles. The Hall–Kier alpha value is -0.650. The van der Waals surface area contributed by atoms with Gasteiger partial charge in [0.1, 0.15) is 6.79 Å². The van der Waals surface area contributed by atoms with Crippen molar-refractivity contribution in [1.29, 1.82) is 0 Å². The van der Waals surface area contributed by atoms with Gasteiger partial charge < -0.3 is 19.3 Å². The van der Waals surface area contributed by atoms with E-state index in [4.69, 9.17) is 19.3 Å². The minimum absolute atomic E-state index is 0.0482. The molecule has 0 fully saturated rings. The summed E-state index contributed by atoms with van der Waals surface area (Å²) < 4.78 is 14.7. The molecule has 0 aromatic heterocycles. The first kappa shape index (κ1) is 12.3. The van der Waals surface area contributed by atoms with Crippen molar-refractivity contribution in [3.8, 4) is 0 Å². The van der Waals surface area contributed by atoms with Crippen LogP contribution in [0.3, 0.4) is 0 Å². The van der Waals surface area contributed by atoms with Gasteiger partial charge in [0, 0.05) is 7.11 Å². The second-order valence-corrected chi connectivity index (χ2v) is 2.70. The van der Waals surface area contributed by atoms with Crippen LogP contribution in [0.4, 0.5) is 0 Å². The van der Waals surface area contributed by atoms with Crippen LogP contribution in [0.25, 0.3) is 0 Å². The molecule has 0 spiro atoms. The number of carbonyl (C=O) groups is 1. The van der Waals surface area contributed by atoms with Gasteiger partial charge in [0.15, 0.2) is 6.29 Å². The summed E-state index contributed by atoms with van der Waals surface area (Å²) >= 11 is 0. The molecular formula is C8H16O5. The number of carboxylic acid groups (broad SMARTS) is 1. The molecule has 0 saturated carbocycles. The predicted octanol–water partition coefficient (Wildman–Crippen LogP) is 0.690. The molecule has 78 valence electrons. The Morgan fingerprint density at radius 2 is 2.08 bits per heavy atom. The lowest BCUT2D eigenvalue weighted by atomic mass is 10.2. The third-order valence-electron chi connectivity index (χ3n) is 1.51. The molecule has 0 radical (unpaired) electrons. The molecule has 0 amide bonds.